The summed E-state index contributed by atoms with van der Waals surface area (Å²) in [6.45, 7) is 6.12. The van der Waals surface area contributed by atoms with Gasteiger partial charge in [0.25, 0.3) is 0 Å². The van der Waals surface area contributed by atoms with Crippen molar-refractivity contribution in [1.82, 2.24) is 15.8 Å². The van der Waals surface area contributed by atoms with E-state index in [0.717, 1.165) is 41.4 Å². The Morgan fingerprint density at radius 1 is 1.16 bits per heavy atom. The molecule has 2 N–H and O–H groups in total. The summed E-state index contributed by atoms with van der Waals surface area (Å²) in [7, 11) is 3.47. The largest absolute Gasteiger partial charge is 0.380 e. The van der Waals surface area contributed by atoms with Crippen LogP contribution in [0.5, 0.6) is 0 Å². The maximum absolute atomic E-state index is 5.41. The second-order valence-corrected chi connectivity index (χ2v) is 5.77. The SMILES string of the molecule is CCc1noc(CC)c1CNC(=NC)NCc1cccc(COC)c1. The molecule has 0 saturated heterocycles. The van der Waals surface area contributed by atoms with Crippen molar-refractivity contribution in [1.29, 1.82) is 0 Å². The molecule has 0 fully saturated rings. The zero-order chi connectivity index (χ0) is 18.1. The number of hydrogen-bond donors (Lipinski definition) is 2. The van der Waals surface area contributed by atoms with Crippen molar-refractivity contribution in [3.05, 3.63) is 52.4 Å². The highest BCUT2D eigenvalue weighted by Gasteiger charge is 2.13. The van der Waals surface area contributed by atoms with Crippen LogP contribution < -0.4 is 10.6 Å². The molecular weight excluding hydrogens is 316 g/mol. The van der Waals surface area contributed by atoms with E-state index < -0.39 is 0 Å². The van der Waals surface area contributed by atoms with Crippen LogP contribution in [0.2, 0.25) is 0 Å². The lowest BCUT2D eigenvalue weighted by Gasteiger charge is -2.13. The third-order valence-electron chi connectivity index (χ3n) is 4.03. The second kappa shape index (κ2) is 9.84. The molecule has 1 aromatic heterocycles. The molecule has 0 atom stereocenters. The average Bonchev–Trinajstić information content (AvgIpc) is 3.04. The van der Waals surface area contributed by atoms with Crippen LogP contribution in [-0.4, -0.2) is 25.3 Å². The van der Waals surface area contributed by atoms with Crippen molar-refractivity contribution in [3.8, 4) is 0 Å². The van der Waals surface area contributed by atoms with Crippen LogP contribution in [0.3, 0.4) is 0 Å². The highest BCUT2D eigenvalue weighted by Crippen LogP contribution is 2.15. The Kier molecular flexibility index (Phi) is 7.47. The predicted molar refractivity (Wildman–Crippen MR) is 99.5 cm³/mol. The highest BCUT2D eigenvalue weighted by molar-refractivity contribution is 5.79. The van der Waals surface area contributed by atoms with E-state index in [1.165, 1.54) is 5.56 Å². The number of guanidine groups is 1. The Morgan fingerprint density at radius 3 is 2.60 bits per heavy atom. The maximum Gasteiger partial charge on any atom is 0.191 e. The molecule has 0 unspecified atom stereocenters. The lowest BCUT2D eigenvalue weighted by molar-refractivity contribution is 0.185. The molecule has 0 saturated carbocycles. The Bertz CT molecular complexity index is 673. The van der Waals surface area contributed by atoms with Gasteiger partial charge in [0.2, 0.25) is 0 Å². The molecule has 6 heteroatoms. The van der Waals surface area contributed by atoms with E-state index in [0.29, 0.717) is 19.7 Å². The summed E-state index contributed by atoms with van der Waals surface area (Å²) in [6.07, 6.45) is 1.70. The van der Waals surface area contributed by atoms with E-state index >= 15 is 0 Å². The zero-order valence-electron chi connectivity index (χ0n) is 15.6. The third-order valence-corrected chi connectivity index (χ3v) is 4.03. The van der Waals surface area contributed by atoms with E-state index in [1.807, 2.05) is 6.07 Å². The van der Waals surface area contributed by atoms with Crippen LogP contribution in [0.1, 0.15) is 42.0 Å². The summed E-state index contributed by atoms with van der Waals surface area (Å²) in [6, 6.07) is 8.32. The number of nitrogens with zero attached hydrogens (tertiary/aromatic N) is 2. The molecule has 1 aromatic carbocycles. The van der Waals surface area contributed by atoms with Gasteiger partial charge in [-0.15, -0.1) is 0 Å². The Balaban J connectivity index is 1.93. The smallest absolute Gasteiger partial charge is 0.191 e. The van der Waals surface area contributed by atoms with Gasteiger partial charge in [0.15, 0.2) is 5.96 Å². The van der Waals surface area contributed by atoms with Crippen LogP contribution >= 0.6 is 0 Å². The molecule has 0 bridgehead atoms. The maximum atomic E-state index is 5.41. The van der Waals surface area contributed by atoms with Crippen LogP contribution in [-0.2, 0) is 37.3 Å². The Morgan fingerprint density at radius 2 is 1.92 bits per heavy atom. The van der Waals surface area contributed by atoms with Crippen LogP contribution in [0.4, 0.5) is 0 Å². The van der Waals surface area contributed by atoms with Crippen molar-refractivity contribution in [2.24, 2.45) is 4.99 Å². The minimum Gasteiger partial charge on any atom is -0.380 e. The van der Waals surface area contributed by atoms with Gasteiger partial charge in [0, 0.05) is 39.2 Å². The molecule has 0 spiro atoms. The van der Waals surface area contributed by atoms with Gasteiger partial charge in [-0.1, -0.05) is 43.3 Å². The number of methoxy groups -OCH3 is 1. The molecule has 0 aliphatic rings. The van der Waals surface area contributed by atoms with Crippen molar-refractivity contribution in [2.75, 3.05) is 14.2 Å². The fraction of sp³-hybridized carbons (Fsp3) is 0.474. The molecule has 0 radical (unpaired) electrons. The monoisotopic (exact) mass is 344 g/mol. The number of rotatable bonds is 8. The van der Waals surface area contributed by atoms with Gasteiger partial charge >= 0.3 is 0 Å². The van der Waals surface area contributed by atoms with E-state index in [1.54, 1.807) is 14.2 Å². The fourth-order valence-corrected chi connectivity index (χ4v) is 2.71. The molecule has 0 amide bonds. The number of aliphatic imine (C=N–C) groups is 1. The summed E-state index contributed by atoms with van der Waals surface area (Å²) in [5.74, 6) is 1.69. The first-order chi connectivity index (χ1) is 12.2. The number of aryl methyl sites for hydroxylation is 2. The zero-order valence-corrected chi connectivity index (χ0v) is 15.6. The normalized spacial score (nSPS) is 11.6. The van der Waals surface area contributed by atoms with Crippen LogP contribution in [0, 0.1) is 0 Å². The number of hydrogen-bond acceptors (Lipinski definition) is 4. The Labute approximate surface area is 149 Å². The fourth-order valence-electron chi connectivity index (χ4n) is 2.71. The summed E-state index contributed by atoms with van der Waals surface area (Å²) in [5.41, 5.74) is 4.49. The van der Waals surface area contributed by atoms with Crippen LogP contribution in [0.25, 0.3) is 0 Å². The molecule has 2 aromatic rings. The number of ether oxygens (including phenoxy) is 1. The first-order valence-electron chi connectivity index (χ1n) is 8.69. The summed E-state index contributed by atoms with van der Waals surface area (Å²) >= 11 is 0. The molecule has 25 heavy (non-hydrogen) atoms. The average molecular weight is 344 g/mol. The van der Waals surface area contributed by atoms with Crippen molar-refractivity contribution in [3.63, 3.8) is 0 Å². The number of nitrogens with one attached hydrogen (secondary N) is 2. The van der Waals surface area contributed by atoms with Gasteiger partial charge in [-0.25, -0.2) is 0 Å². The first kappa shape index (κ1) is 19.0. The van der Waals surface area contributed by atoms with E-state index in [-0.39, 0.29) is 0 Å². The molecule has 1 heterocycles. The summed E-state index contributed by atoms with van der Waals surface area (Å²) in [5, 5.41) is 10.8. The number of aromatic nitrogens is 1. The molecular formula is C19H28N4O2. The molecule has 0 aliphatic carbocycles. The summed E-state index contributed by atoms with van der Waals surface area (Å²) < 4.78 is 10.6. The van der Waals surface area contributed by atoms with Gasteiger partial charge < -0.3 is 19.9 Å². The number of benzene rings is 1. The quantitative estimate of drug-likeness (QED) is 0.569. The van der Waals surface area contributed by atoms with Gasteiger partial charge in [0.05, 0.1) is 12.3 Å². The first-order valence-corrected chi connectivity index (χ1v) is 8.69. The van der Waals surface area contributed by atoms with Gasteiger partial charge in [-0.3, -0.25) is 4.99 Å². The van der Waals surface area contributed by atoms with Crippen molar-refractivity contribution < 1.29 is 9.26 Å². The highest BCUT2D eigenvalue weighted by atomic mass is 16.5. The van der Waals surface area contributed by atoms with E-state index in [9.17, 15) is 0 Å². The molecule has 6 nitrogen and oxygen atoms in total. The van der Waals surface area contributed by atoms with Gasteiger partial charge in [0.1, 0.15) is 5.76 Å². The van der Waals surface area contributed by atoms with Gasteiger partial charge in [-0.2, -0.15) is 0 Å². The van der Waals surface area contributed by atoms with Gasteiger partial charge in [-0.05, 0) is 17.5 Å². The second-order valence-electron chi connectivity index (χ2n) is 5.77. The minimum absolute atomic E-state index is 0.619. The van der Waals surface area contributed by atoms with Crippen molar-refractivity contribution >= 4 is 5.96 Å². The van der Waals surface area contributed by atoms with Crippen molar-refractivity contribution in [2.45, 2.75) is 46.4 Å². The molecule has 2 rings (SSSR count). The standard InChI is InChI=1S/C19H28N4O2/c1-5-17-16(18(6-2)25-23-17)12-22-19(20-3)21-11-14-8-7-9-15(10-14)13-24-4/h7-10H,5-6,11-13H2,1-4H3,(H2,20,21,22). The van der Waals surface area contributed by atoms with E-state index in [2.05, 4.69) is 52.8 Å². The van der Waals surface area contributed by atoms with Crippen LogP contribution in [0.15, 0.2) is 33.8 Å². The summed E-state index contributed by atoms with van der Waals surface area (Å²) in [4.78, 5) is 4.29. The lowest BCUT2D eigenvalue weighted by Crippen LogP contribution is -2.36. The minimum atomic E-state index is 0.619. The lowest BCUT2D eigenvalue weighted by atomic mass is 10.1. The predicted octanol–water partition coefficient (Wildman–Crippen LogP) is 2.81. The Hall–Kier alpha value is -2.34. The third kappa shape index (κ3) is 5.32. The topological polar surface area (TPSA) is 71.7 Å². The molecule has 0 aliphatic heterocycles. The molecule has 136 valence electrons. The van der Waals surface area contributed by atoms with E-state index in [4.69, 9.17) is 9.26 Å².